The molecule has 0 aromatic carbocycles. The summed E-state index contributed by atoms with van der Waals surface area (Å²) < 4.78 is 5.07. The van der Waals surface area contributed by atoms with Crippen LogP contribution in [0.4, 0.5) is 0 Å². The molecule has 3 heterocycles. The summed E-state index contributed by atoms with van der Waals surface area (Å²) in [4.78, 5) is 21.9. The summed E-state index contributed by atoms with van der Waals surface area (Å²) in [5.74, 6) is -0.283. The van der Waals surface area contributed by atoms with E-state index in [0.29, 0.717) is 11.5 Å². The Morgan fingerprint density at radius 2 is 1.73 bits per heavy atom. The van der Waals surface area contributed by atoms with Crippen LogP contribution in [0.15, 0.2) is 24.3 Å². The van der Waals surface area contributed by atoms with Gasteiger partial charge in [-0.05, 0) is 45.0 Å². The van der Waals surface area contributed by atoms with Crippen molar-refractivity contribution in [3.63, 3.8) is 0 Å². The maximum absolute atomic E-state index is 11.9. The number of hydrogen-bond donors (Lipinski definition) is 0. The summed E-state index contributed by atoms with van der Waals surface area (Å²) in [5, 5.41) is 0.880. The molecule has 0 unspecified atom stereocenters. The molecule has 3 aromatic rings. The molecular formula is C16H15NO2S3. The van der Waals surface area contributed by atoms with Crippen LogP contribution in [0.2, 0.25) is 0 Å². The quantitative estimate of drug-likeness (QED) is 0.593. The molecule has 6 heteroatoms. The van der Waals surface area contributed by atoms with Crippen molar-refractivity contribution in [3.05, 3.63) is 39.7 Å². The normalized spacial score (nSPS) is 10.9. The molecule has 0 amide bonds. The van der Waals surface area contributed by atoms with Crippen molar-refractivity contribution in [2.45, 2.75) is 20.8 Å². The summed E-state index contributed by atoms with van der Waals surface area (Å²) in [7, 11) is 0. The molecule has 0 aliphatic carbocycles. The highest BCUT2D eigenvalue weighted by atomic mass is 32.1. The second-order valence-electron chi connectivity index (χ2n) is 4.73. The van der Waals surface area contributed by atoms with Crippen LogP contribution in [-0.4, -0.2) is 17.6 Å². The van der Waals surface area contributed by atoms with Gasteiger partial charge >= 0.3 is 5.97 Å². The van der Waals surface area contributed by atoms with Crippen molar-refractivity contribution in [2.75, 3.05) is 6.61 Å². The summed E-state index contributed by atoms with van der Waals surface area (Å²) >= 11 is 4.90. The maximum Gasteiger partial charge on any atom is 0.350 e. The second kappa shape index (κ2) is 6.32. The Balaban J connectivity index is 1.91. The highest BCUT2D eigenvalue weighted by Gasteiger charge is 2.18. The van der Waals surface area contributed by atoms with Gasteiger partial charge < -0.3 is 4.74 Å². The van der Waals surface area contributed by atoms with E-state index in [1.165, 1.54) is 26.0 Å². The first-order valence-corrected chi connectivity index (χ1v) is 9.35. The van der Waals surface area contributed by atoms with Crippen LogP contribution in [0.5, 0.6) is 0 Å². The Hall–Kier alpha value is -1.50. The van der Waals surface area contributed by atoms with Crippen molar-refractivity contribution in [2.24, 2.45) is 0 Å². The molecule has 3 nitrogen and oxygen atoms in total. The Bertz CT molecular complexity index is 813. The van der Waals surface area contributed by atoms with Crippen LogP contribution in [0.3, 0.4) is 0 Å². The average Bonchev–Trinajstić information content (AvgIpc) is 3.17. The van der Waals surface area contributed by atoms with Gasteiger partial charge in [-0.2, -0.15) is 0 Å². The number of rotatable bonds is 4. The molecule has 0 aliphatic heterocycles. The third-order valence-corrected chi connectivity index (χ3v) is 6.65. The Morgan fingerprint density at radius 3 is 2.41 bits per heavy atom. The minimum atomic E-state index is -0.283. The molecule has 114 valence electrons. The van der Waals surface area contributed by atoms with Crippen LogP contribution < -0.4 is 0 Å². The SMILES string of the molecule is CCOC(=O)c1sc(-c2ccc(-c3ccc(C)s3)s2)nc1C. The molecule has 22 heavy (non-hydrogen) atoms. The van der Waals surface area contributed by atoms with Crippen LogP contribution >= 0.6 is 34.0 Å². The van der Waals surface area contributed by atoms with Gasteiger partial charge in [0.2, 0.25) is 0 Å². The van der Waals surface area contributed by atoms with Crippen LogP contribution in [0, 0.1) is 13.8 Å². The third-order valence-electron chi connectivity index (χ3n) is 3.06. The van der Waals surface area contributed by atoms with Gasteiger partial charge in [0.05, 0.1) is 17.2 Å². The minimum absolute atomic E-state index is 0.283. The van der Waals surface area contributed by atoms with Crippen molar-refractivity contribution in [3.8, 4) is 19.6 Å². The smallest absolute Gasteiger partial charge is 0.350 e. The number of nitrogens with zero attached hydrogens (tertiary/aromatic N) is 1. The van der Waals surface area contributed by atoms with Gasteiger partial charge in [0.15, 0.2) is 0 Å². The van der Waals surface area contributed by atoms with E-state index >= 15 is 0 Å². The molecule has 0 saturated heterocycles. The number of thiophene rings is 2. The number of carbonyl (C=O) groups is 1. The van der Waals surface area contributed by atoms with E-state index in [0.717, 1.165) is 15.6 Å². The number of ether oxygens (including phenoxy) is 1. The van der Waals surface area contributed by atoms with E-state index < -0.39 is 0 Å². The van der Waals surface area contributed by atoms with E-state index in [4.69, 9.17) is 4.74 Å². The van der Waals surface area contributed by atoms with Crippen molar-refractivity contribution in [1.29, 1.82) is 0 Å². The zero-order valence-corrected chi connectivity index (χ0v) is 15.0. The van der Waals surface area contributed by atoms with E-state index in [1.807, 2.05) is 13.8 Å². The molecule has 0 spiro atoms. The van der Waals surface area contributed by atoms with Gasteiger partial charge in [0.25, 0.3) is 0 Å². The maximum atomic E-state index is 11.9. The molecule has 3 rings (SSSR count). The number of aromatic nitrogens is 1. The largest absolute Gasteiger partial charge is 0.462 e. The first kappa shape index (κ1) is 15.4. The topological polar surface area (TPSA) is 39.2 Å². The predicted octanol–water partition coefficient (Wildman–Crippen LogP) is 5.39. The van der Waals surface area contributed by atoms with Gasteiger partial charge in [-0.1, -0.05) is 0 Å². The molecule has 3 aromatic heterocycles. The highest BCUT2D eigenvalue weighted by molar-refractivity contribution is 7.26. The number of carbonyl (C=O) groups excluding carboxylic acids is 1. The summed E-state index contributed by atoms with van der Waals surface area (Å²) in [5.41, 5.74) is 0.736. The van der Waals surface area contributed by atoms with Crippen molar-refractivity contribution < 1.29 is 9.53 Å². The summed E-state index contributed by atoms with van der Waals surface area (Å²) in [6.07, 6.45) is 0. The van der Waals surface area contributed by atoms with E-state index in [-0.39, 0.29) is 5.97 Å². The molecule has 0 radical (unpaired) electrons. The molecule has 0 atom stereocenters. The standard InChI is InChI=1S/C16H15NO2S3/c1-4-19-16(18)14-10(3)17-15(22-14)13-8-7-12(21-13)11-6-5-9(2)20-11/h5-8H,4H2,1-3H3. The van der Waals surface area contributed by atoms with Gasteiger partial charge in [0.1, 0.15) is 9.88 Å². The fourth-order valence-corrected chi connectivity index (χ4v) is 5.02. The Labute approximate surface area is 141 Å². The molecule has 0 saturated carbocycles. The number of hydrogen-bond acceptors (Lipinski definition) is 6. The third kappa shape index (κ3) is 2.99. The number of aryl methyl sites for hydroxylation is 2. The molecule has 0 aliphatic rings. The monoisotopic (exact) mass is 349 g/mol. The second-order valence-corrected chi connectivity index (χ2v) is 8.10. The Kier molecular flexibility index (Phi) is 4.42. The fourth-order valence-electron chi connectivity index (χ4n) is 2.04. The van der Waals surface area contributed by atoms with E-state index in [1.54, 1.807) is 22.7 Å². The average molecular weight is 350 g/mol. The zero-order chi connectivity index (χ0) is 15.7. The lowest BCUT2D eigenvalue weighted by Gasteiger charge is -1.97. The number of esters is 1. The summed E-state index contributed by atoms with van der Waals surface area (Å²) in [6, 6.07) is 8.47. The first-order valence-electron chi connectivity index (χ1n) is 6.90. The van der Waals surface area contributed by atoms with Crippen LogP contribution in [0.1, 0.15) is 27.2 Å². The van der Waals surface area contributed by atoms with E-state index in [2.05, 4.69) is 36.2 Å². The van der Waals surface area contributed by atoms with Crippen LogP contribution in [-0.2, 0) is 4.74 Å². The van der Waals surface area contributed by atoms with Gasteiger partial charge in [0, 0.05) is 14.6 Å². The number of thiazole rings is 1. The molecule has 0 N–H and O–H groups in total. The van der Waals surface area contributed by atoms with Crippen molar-refractivity contribution in [1.82, 2.24) is 4.98 Å². The zero-order valence-electron chi connectivity index (χ0n) is 12.5. The lowest BCUT2D eigenvalue weighted by Crippen LogP contribution is -2.03. The highest BCUT2D eigenvalue weighted by Crippen LogP contribution is 2.39. The lowest BCUT2D eigenvalue weighted by molar-refractivity contribution is 0.0531. The minimum Gasteiger partial charge on any atom is -0.462 e. The molecule has 0 bridgehead atoms. The Morgan fingerprint density at radius 1 is 1.05 bits per heavy atom. The predicted molar refractivity (Wildman–Crippen MR) is 94.2 cm³/mol. The van der Waals surface area contributed by atoms with Gasteiger partial charge in [-0.15, -0.1) is 34.0 Å². The molecule has 0 fully saturated rings. The van der Waals surface area contributed by atoms with Crippen LogP contribution in [0.25, 0.3) is 19.6 Å². The fraction of sp³-hybridized carbons (Fsp3) is 0.250. The molecular weight excluding hydrogens is 334 g/mol. The summed E-state index contributed by atoms with van der Waals surface area (Å²) in [6.45, 7) is 6.15. The van der Waals surface area contributed by atoms with E-state index in [9.17, 15) is 4.79 Å². The first-order chi connectivity index (χ1) is 10.6. The lowest BCUT2D eigenvalue weighted by atomic mass is 10.3. The van der Waals surface area contributed by atoms with Gasteiger partial charge in [-0.3, -0.25) is 0 Å². The van der Waals surface area contributed by atoms with Gasteiger partial charge in [-0.25, -0.2) is 9.78 Å². The van der Waals surface area contributed by atoms with Crippen molar-refractivity contribution >= 4 is 40.0 Å².